The van der Waals surface area contributed by atoms with E-state index in [-0.39, 0.29) is 35.1 Å². The molecule has 3 N–H and O–H groups in total. The Morgan fingerprint density at radius 1 is 1.00 bits per heavy atom. The first kappa shape index (κ1) is 22.2. The van der Waals surface area contributed by atoms with E-state index in [1.54, 1.807) is 17.0 Å². The zero-order valence-corrected chi connectivity index (χ0v) is 17.9. The molecule has 0 bridgehead atoms. The number of hydrogen-bond donors (Lipinski definition) is 2. The Labute approximate surface area is 176 Å². The van der Waals surface area contributed by atoms with Crippen molar-refractivity contribution in [1.82, 2.24) is 9.21 Å². The monoisotopic (exact) mass is 436 g/mol. The molecule has 0 saturated carbocycles. The van der Waals surface area contributed by atoms with Gasteiger partial charge in [0, 0.05) is 44.7 Å². The van der Waals surface area contributed by atoms with Crippen LogP contribution in [0.2, 0.25) is 0 Å². The van der Waals surface area contributed by atoms with Gasteiger partial charge < -0.3 is 16.0 Å². The topological polar surface area (TPSA) is 130 Å². The second-order valence-corrected chi connectivity index (χ2v) is 9.85. The molecule has 3 rings (SSSR count). The van der Waals surface area contributed by atoms with Gasteiger partial charge in [-0.1, -0.05) is 0 Å². The second-order valence-electron chi connectivity index (χ2n) is 7.91. The summed E-state index contributed by atoms with van der Waals surface area (Å²) >= 11 is 0. The number of rotatable bonds is 5. The summed E-state index contributed by atoms with van der Waals surface area (Å²) in [4.78, 5) is 37.2. The van der Waals surface area contributed by atoms with E-state index in [0.29, 0.717) is 51.0 Å². The summed E-state index contributed by atoms with van der Waals surface area (Å²) in [7, 11) is -3.74. The molecule has 2 aliphatic heterocycles. The number of carbonyl (C=O) groups is 3. The number of amides is 3. The summed E-state index contributed by atoms with van der Waals surface area (Å²) in [5, 5.41) is 2.60. The number of benzene rings is 1. The summed E-state index contributed by atoms with van der Waals surface area (Å²) < 4.78 is 27.5. The van der Waals surface area contributed by atoms with Crippen molar-refractivity contribution >= 4 is 33.4 Å². The third-order valence-electron chi connectivity index (χ3n) is 5.75. The van der Waals surface area contributed by atoms with Crippen LogP contribution in [0.4, 0.5) is 5.69 Å². The highest BCUT2D eigenvalue weighted by Crippen LogP contribution is 2.27. The number of hydrogen-bond acceptors (Lipinski definition) is 5. The molecule has 3 amide bonds. The van der Waals surface area contributed by atoms with Gasteiger partial charge in [0.1, 0.15) is 0 Å². The fourth-order valence-electron chi connectivity index (χ4n) is 4.07. The highest BCUT2D eigenvalue weighted by atomic mass is 32.2. The molecule has 1 atom stereocenters. The molecule has 1 aromatic carbocycles. The van der Waals surface area contributed by atoms with Gasteiger partial charge in [0.25, 0.3) is 0 Å². The zero-order chi connectivity index (χ0) is 21.9. The Morgan fingerprint density at radius 2 is 1.63 bits per heavy atom. The number of carbonyl (C=O) groups excluding carboxylic acids is 3. The lowest BCUT2D eigenvalue weighted by Gasteiger charge is -2.37. The minimum Gasteiger partial charge on any atom is -0.369 e. The van der Waals surface area contributed by atoms with E-state index in [9.17, 15) is 22.8 Å². The molecular weight excluding hydrogens is 408 g/mol. The second kappa shape index (κ2) is 9.13. The Morgan fingerprint density at radius 3 is 2.20 bits per heavy atom. The van der Waals surface area contributed by atoms with Crippen LogP contribution in [0.3, 0.4) is 0 Å². The third kappa shape index (κ3) is 4.99. The molecule has 2 saturated heterocycles. The first-order chi connectivity index (χ1) is 14.2. The third-order valence-corrected chi connectivity index (χ3v) is 7.63. The molecule has 2 aliphatic rings. The fraction of sp³-hybridized carbons (Fsp3) is 0.550. The van der Waals surface area contributed by atoms with E-state index in [1.807, 2.05) is 0 Å². The van der Waals surface area contributed by atoms with Crippen LogP contribution in [0.1, 0.15) is 32.6 Å². The quantitative estimate of drug-likeness (QED) is 0.704. The van der Waals surface area contributed by atoms with Gasteiger partial charge in [0.2, 0.25) is 27.7 Å². The van der Waals surface area contributed by atoms with Crippen LogP contribution in [0, 0.1) is 11.8 Å². The van der Waals surface area contributed by atoms with E-state index < -0.39 is 15.9 Å². The Hall–Kier alpha value is -2.46. The lowest BCUT2D eigenvalue weighted by atomic mass is 9.93. The van der Waals surface area contributed by atoms with Crippen LogP contribution in [-0.4, -0.2) is 61.5 Å². The molecule has 10 heteroatoms. The molecule has 0 aliphatic carbocycles. The number of piperidine rings is 2. The average molecular weight is 437 g/mol. The molecule has 9 nitrogen and oxygen atoms in total. The molecule has 0 aromatic heterocycles. The Bertz CT molecular complexity index is 908. The number of nitrogens with zero attached hydrogens (tertiary/aromatic N) is 2. The largest absolute Gasteiger partial charge is 0.369 e. The van der Waals surface area contributed by atoms with Crippen molar-refractivity contribution in [3.05, 3.63) is 24.3 Å². The zero-order valence-electron chi connectivity index (χ0n) is 17.0. The molecule has 1 aromatic rings. The minimum atomic E-state index is -3.74. The number of nitrogens with two attached hydrogens (primary N) is 1. The van der Waals surface area contributed by atoms with Crippen molar-refractivity contribution in [3.8, 4) is 0 Å². The summed E-state index contributed by atoms with van der Waals surface area (Å²) in [5.41, 5.74) is 5.87. The molecule has 2 heterocycles. The van der Waals surface area contributed by atoms with E-state index in [4.69, 9.17) is 5.73 Å². The van der Waals surface area contributed by atoms with Crippen LogP contribution in [0.25, 0.3) is 0 Å². The maximum Gasteiger partial charge on any atom is 0.243 e. The fourth-order valence-corrected chi connectivity index (χ4v) is 5.59. The number of primary amides is 1. The van der Waals surface area contributed by atoms with Crippen LogP contribution in [0.5, 0.6) is 0 Å². The van der Waals surface area contributed by atoms with Gasteiger partial charge in [0.15, 0.2) is 0 Å². The maximum absolute atomic E-state index is 13.0. The van der Waals surface area contributed by atoms with Crippen molar-refractivity contribution in [3.63, 3.8) is 0 Å². The summed E-state index contributed by atoms with van der Waals surface area (Å²) in [6.45, 7) is 2.83. The first-order valence-corrected chi connectivity index (χ1v) is 11.6. The number of nitrogens with one attached hydrogen (secondary N) is 1. The minimum absolute atomic E-state index is 0.0566. The molecule has 0 spiro atoms. The van der Waals surface area contributed by atoms with Crippen LogP contribution in [0.15, 0.2) is 29.2 Å². The predicted molar refractivity (Wildman–Crippen MR) is 111 cm³/mol. The van der Waals surface area contributed by atoms with Gasteiger partial charge >= 0.3 is 0 Å². The number of sulfonamides is 1. The van der Waals surface area contributed by atoms with E-state index in [1.165, 1.54) is 23.4 Å². The summed E-state index contributed by atoms with van der Waals surface area (Å²) in [6.07, 6.45) is 2.35. The smallest absolute Gasteiger partial charge is 0.243 e. The highest BCUT2D eigenvalue weighted by molar-refractivity contribution is 7.89. The van der Waals surface area contributed by atoms with E-state index in [2.05, 4.69) is 5.32 Å². The molecule has 0 unspecified atom stereocenters. The van der Waals surface area contributed by atoms with Crippen LogP contribution >= 0.6 is 0 Å². The SMILES string of the molecule is CC(=O)Nc1ccc(S(=O)(=O)N2CCC[C@@H](C(=O)N3CCC(C(N)=O)CC3)C2)cc1. The van der Waals surface area contributed by atoms with Crippen LogP contribution in [-0.2, 0) is 24.4 Å². The molecule has 0 radical (unpaired) electrons. The number of anilines is 1. The summed E-state index contributed by atoms with van der Waals surface area (Å²) in [6, 6.07) is 6.01. The van der Waals surface area contributed by atoms with Crippen molar-refractivity contribution in [2.24, 2.45) is 17.6 Å². The first-order valence-electron chi connectivity index (χ1n) is 10.1. The van der Waals surface area contributed by atoms with Gasteiger partial charge in [-0.25, -0.2) is 8.42 Å². The van der Waals surface area contributed by atoms with Crippen LogP contribution < -0.4 is 11.1 Å². The highest BCUT2D eigenvalue weighted by Gasteiger charge is 2.36. The standard InChI is InChI=1S/C20H28N4O5S/c1-14(25)22-17-4-6-18(7-5-17)30(28,29)24-10-2-3-16(13-24)20(27)23-11-8-15(9-12-23)19(21)26/h4-7,15-16H,2-3,8-13H2,1H3,(H2,21,26)(H,22,25)/t16-/m1/s1. The Kier molecular flexibility index (Phi) is 6.77. The van der Waals surface area contributed by atoms with Crippen molar-refractivity contribution in [2.75, 3.05) is 31.5 Å². The van der Waals surface area contributed by atoms with Gasteiger partial charge in [-0.05, 0) is 49.9 Å². The molecule has 164 valence electrons. The van der Waals surface area contributed by atoms with Gasteiger partial charge in [-0.2, -0.15) is 4.31 Å². The normalized spacial score (nSPS) is 21.2. The predicted octanol–water partition coefficient (Wildman–Crippen LogP) is 0.770. The van der Waals surface area contributed by atoms with Gasteiger partial charge in [0.05, 0.1) is 10.8 Å². The van der Waals surface area contributed by atoms with Gasteiger partial charge in [-0.3, -0.25) is 14.4 Å². The van der Waals surface area contributed by atoms with Gasteiger partial charge in [-0.15, -0.1) is 0 Å². The van der Waals surface area contributed by atoms with Crippen molar-refractivity contribution in [2.45, 2.75) is 37.5 Å². The van der Waals surface area contributed by atoms with Crippen molar-refractivity contribution in [1.29, 1.82) is 0 Å². The molecule has 30 heavy (non-hydrogen) atoms. The average Bonchev–Trinajstić information content (AvgIpc) is 2.73. The van der Waals surface area contributed by atoms with E-state index in [0.717, 1.165) is 0 Å². The lowest BCUT2D eigenvalue weighted by Crippen LogP contribution is -2.49. The molecular formula is C20H28N4O5S. The Balaban J connectivity index is 1.65. The maximum atomic E-state index is 13.0. The lowest BCUT2D eigenvalue weighted by molar-refractivity contribution is -0.139. The van der Waals surface area contributed by atoms with E-state index >= 15 is 0 Å². The molecule has 2 fully saturated rings. The van der Waals surface area contributed by atoms with Crippen molar-refractivity contribution < 1.29 is 22.8 Å². The summed E-state index contributed by atoms with van der Waals surface area (Å²) in [5.74, 6) is -1.21. The number of likely N-dealkylation sites (tertiary alicyclic amines) is 1.